The van der Waals surface area contributed by atoms with Crippen LogP contribution in [0, 0.1) is 6.92 Å². The molecule has 3 rings (SSSR count). The van der Waals surface area contributed by atoms with Gasteiger partial charge in [0.05, 0.1) is 22.4 Å². The number of anilines is 1. The zero-order valence-corrected chi connectivity index (χ0v) is 16.2. The Morgan fingerprint density at radius 2 is 2.00 bits per heavy atom. The number of carbonyl (C=O) groups is 2. The summed E-state index contributed by atoms with van der Waals surface area (Å²) in [4.78, 5) is 42.3. The van der Waals surface area contributed by atoms with Gasteiger partial charge in [-0.3, -0.25) is 9.59 Å². The number of carboxylic acids is 1. The van der Waals surface area contributed by atoms with E-state index in [9.17, 15) is 27.6 Å². The van der Waals surface area contributed by atoms with E-state index in [0.29, 0.717) is 5.56 Å². The average molecular weight is 443 g/mol. The van der Waals surface area contributed by atoms with Crippen LogP contribution < -0.4 is 10.9 Å². The number of hydrogen-bond acceptors (Lipinski definition) is 6. The van der Waals surface area contributed by atoms with Crippen molar-refractivity contribution in [1.82, 2.24) is 9.97 Å². The molecule has 12 heteroatoms. The van der Waals surface area contributed by atoms with E-state index in [-0.39, 0.29) is 31.7 Å². The summed E-state index contributed by atoms with van der Waals surface area (Å²) >= 11 is 1.65. The molecule has 7 nitrogen and oxygen atoms in total. The number of carbonyl (C=O) groups excluding carboxylic acids is 1. The summed E-state index contributed by atoms with van der Waals surface area (Å²) in [5, 5.41) is 11.6. The first-order valence-corrected chi connectivity index (χ1v) is 9.73. The Labute approximate surface area is 169 Å². The van der Waals surface area contributed by atoms with E-state index in [1.54, 1.807) is 0 Å². The Morgan fingerprint density at radius 1 is 1.31 bits per heavy atom. The standard InChI is InChI=1S/C17H12F3N3O4S2/c1-7-11-13(25)22-16(23-14(11)29-12(7)15(26)27)28-6-10(24)21-9-5-3-2-4-8(9)17(18,19)20/h2-5H,6H2,1H3,(H,21,24)(H,26,27)(H,22,23,25). The molecule has 0 atom stereocenters. The van der Waals surface area contributed by atoms with Gasteiger partial charge in [-0.25, -0.2) is 9.78 Å². The molecule has 0 saturated heterocycles. The van der Waals surface area contributed by atoms with Crippen LogP contribution in [0.1, 0.15) is 20.8 Å². The fourth-order valence-electron chi connectivity index (χ4n) is 2.56. The molecule has 0 aliphatic heterocycles. The lowest BCUT2D eigenvalue weighted by Crippen LogP contribution is -2.18. The Hall–Kier alpha value is -2.86. The van der Waals surface area contributed by atoms with Crippen LogP contribution in [0.2, 0.25) is 0 Å². The number of H-pyrrole nitrogens is 1. The maximum Gasteiger partial charge on any atom is 0.418 e. The Bertz CT molecular complexity index is 1170. The normalized spacial score (nSPS) is 11.6. The maximum atomic E-state index is 13.0. The molecule has 0 spiro atoms. The summed E-state index contributed by atoms with van der Waals surface area (Å²) in [6.07, 6.45) is -4.62. The molecule has 152 valence electrons. The van der Waals surface area contributed by atoms with Crippen LogP contribution in [0.3, 0.4) is 0 Å². The lowest BCUT2D eigenvalue weighted by molar-refractivity contribution is -0.137. The third kappa shape index (κ3) is 4.43. The summed E-state index contributed by atoms with van der Waals surface area (Å²) < 4.78 is 39.0. The molecule has 1 aromatic carbocycles. The number of rotatable bonds is 5. The Morgan fingerprint density at radius 3 is 2.66 bits per heavy atom. The van der Waals surface area contributed by atoms with Gasteiger partial charge in [-0.05, 0) is 24.6 Å². The van der Waals surface area contributed by atoms with E-state index in [1.807, 2.05) is 0 Å². The number of aryl methyl sites for hydroxylation is 1. The van der Waals surface area contributed by atoms with Gasteiger partial charge in [0.25, 0.3) is 5.56 Å². The second-order valence-corrected chi connectivity index (χ2v) is 7.76. The molecule has 0 aliphatic rings. The zero-order chi connectivity index (χ0) is 21.3. The quantitative estimate of drug-likeness (QED) is 0.409. The molecule has 0 unspecified atom stereocenters. The van der Waals surface area contributed by atoms with Crippen LogP contribution in [0.5, 0.6) is 0 Å². The lowest BCUT2D eigenvalue weighted by atomic mass is 10.1. The number of aromatic nitrogens is 2. The number of alkyl halides is 3. The third-order valence-corrected chi connectivity index (χ3v) is 5.87. The van der Waals surface area contributed by atoms with Gasteiger partial charge in [-0.15, -0.1) is 11.3 Å². The fourth-order valence-corrected chi connectivity index (χ4v) is 4.30. The number of aromatic carboxylic acids is 1. The number of benzene rings is 1. The second kappa shape index (κ2) is 7.87. The van der Waals surface area contributed by atoms with E-state index in [4.69, 9.17) is 5.11 Å². The van der Waals surface area contributed by atoms with E-state index < -0.39 is 29.2 Å². The molecule has 1 amide bonds. The van der Waals surface area contributed by atoms with Gasteiger partial charge >= 0.3 is 12.1 Å². The van der Waals surface area contributed by atoms with Crippen LogP contribution >= 0.6 is 23.1 Å². The molecule has 0 radical (unpaired) electrons. The number of hydrogen-bond donors (Lipinski definition) is 3. The highest BCUT2D eigenvalue weighted by atomic mass is 32.2. The van der Waals surface area contributed by atoms with Crippen LogP contribution in [0.4, 0.5) is 18.9 Å². The molecule has 0 fully saturated rings. The molecule has 29 heavy (non-hydrogen) atoms. The van der Waals surface area contributed by atoms with Crippen molar-refractivity contribution in [3.63, 3.8) is 0 Å². The van der Waals surface area contributed by atoms with Crippen molar-refractivity contribution < 1.29 is 27.9 Å². The Balaban J connectivity index is 1.77. The minimum Gasteiger partial charge on any atom is -0.477 e. The van der Waals surface area contributed by atoms with Crippen molar-refractivity contribution in [3.05, 3.63) is 50.6 Å². The minimum atomic E-state index is -4.62. The largest absolute Gasteiger partial charge is 0.477 e. The third-order valence-electron chi connectivity index (χ3n) is 3.82. The number of halogens is 3. The predicted molar refractivity (Wildman–Crippen MR) is 103 cm³/mol. The van der Waals surface area contributed by atoms with Gasteiger partial charge in [-0.1, -0.05) is 23.9 Å². The molecule has 2 heterocycles. The molecule has 0 aliphatic carbocycles. The van der Waals surface area contributed by atoms with Crippen molar-refractivity contribution in [2.75, 3.05) is 11.1 Å². The molecule has 3 N–H and O–H groups in total. The summed E-state index contributed by atoms with van der Waals surface area (Å²) in [6.45, 7) is 1.50. The van der Waals surface area contributed by atoms with Gasteiger partial charge in [0.1, 0.15) is 9.71 Å². The monoisotopic (exact) mass is 443 g/mol. The predicted octanol–water partition coefficient (Wildman–Crippen LogP) is 3.74. The highest BCUT2D eigenvalue weighted by molar-refractivity contribution is 7.99. The first-order valence-electron chi connectivity index (χ1n) is 7.93. The topological polar surface area (TPSA) is 112 Å². The number of nitrogens with one attached hydrogen (secondary N) is 2. The molecule has 3 aromatic rings. The van der Waals surface area contributed by atoms with Crippen molar-refractivity contribution in [2.45, 2.75) is 18.3 Å². The summed E-state index contributed by atoms with van der Waals surface area (Å²) in [5.74, 6) is -2.21. The van der Waals surface area contributed by atoms with E-state index in [2.05, 4.69) is 15.3 Å². The molecular formula is C17H12F3N3O4S2. The number of amides is 1. The van der Waals surface area contributed by atoms with Gasteiger partial charge in [0, 0.05) is 0 Å². The van der Waals surface area contributed by atoms with E-state index in [0.717, 1.165) is 35.2 Å². The molecular weight excluding hydrogens is 431 g/mol. The summed E-state index contributed by atoms with van der Waals surface area (Å²) in [5.41, 5.74) is -1.60. The van der Waals surface area contributed by atoms with Crippen LogP contribution in [0.15, 0.2) is 34.2 Å². The number of thioether (sulfide) groups is 1. The molecule has 2 aromatic heterocycles. The maximum absolute atomic E-state index is 13.0. The number of fused-ring (bicyclic) bond motifs is 1. The van der Waals surface area contributed by atoms with Crippen LogP contribution in [0.25, 0.3) is 10.2 Å². The van der Waals surface area contributed by atoms with Crippen LogP contribution in [-0.2, 0) is 11.0 Å². The van der Waals surface area contributed by atoms with E-state index in [1.165, 1.54) is 19.1 Å². The first-order chi connectivity index (χ1) is 13.6. The number of aromatic amines is 1. The SMILES string of the molecule is Cc1c(C(=O)O)sc2nc(SCC(=O)Nc3ccccc3C(F)(F)F)[nH]c(=O)c12. The first kappa shape index (κ1) is 20.9. The highest BCUT2D eigenvalue weighted by Gasteiger charge is 2.33. The lowest BCUT2D eigenvalue weighted by Gasteiger charge is -2.13. The second-order valence-electron chi connectivity index (χ2n) is 5.79. The summed E-state index contributed by atoms with van der Waals surface area (Å²) in [6, 6.07) is 4.57. The fraction of sp³-hybridized carbons (Fsp3) is 0.176. The smallest absolute Gasteiger partial charge is 0.418 e. The zero-order valence-electron chi connectivity index (χ0n) is 14.6. The Kier molecular flexibility index (Phi) is 5.66. The van der Waals surface area contributed by atoms with Crippen molar-refractivity contribution in [3.8, 4) is 0 Å². The molecule has 0 saturated carbocycles. The number of thiophene rings is 1. The van der Waals surface area contributed by atoms with Gasteiger partial charge in [-0.2, -0.15) is 13.2 Å². The number of carboxylic acid groups (broad SMARTS) is 1. The van der Waals surface area contributed by atoms with Gasteiger partial charge in [0.15, 0.2) is 5.16 Å². The number of para-hydroxylation sites is 1. The highest BCUT2D eigenvalue weighted by Crippen LogP contribution is 2.34. The van der Waals surface area contributed by atoms with Crippen molar-refractivity contribution >= 4 is 50.9 Å². The summed E-state index contributed by atoms with van der Waals surface area (Å²) in [7, 11) is 0. The van der Waals surface area contributed by atoms with Crippen LogP contribution in [-0.4, -0.2) is 32.7 Å². The average Bonchev–Trinajstić information content (AvgIpc) is 2.97. The van der Waals surface area contributed by atoms with Crippen molar-refractivity contribution in [2.24, 2.45) is 0 Å². The van der Waals surface area contributed by atoms with Crippen molar-refractivity contribution in [1.29, 1.82) is 0 Å². The van der Waals surface area contributed by atoms with E-state index >= 15 is 0 Å². The minimum absolute atomic E-state index is 0.0124. The van der Waals surface area contributed by atoms with Gasteiger partial charge < -0.3 is 15.4 Å². The molecule has 0 bridgehead atoms. The van der Waals surface area contributed by atoms with Gasteiger partial charge in [0.2, 0.25) is 5.91 Å². The number of nitrogens with zero attached hydrogens (tertiary/aromatic N) is 1.